The lowest BCUT2D eigenvalue weighted by Gasteiger charge is -2.22. The Morgan fingerprint density at radius 1 is 1.35 bits per heavy atom. The quantitative estimate of drug-likeness (QED) is 0.814. The van der Waals surface area contributed by atoms with E-state index in [0.29, 0.717) is 0 Å². The lowest BCUT2D eigenvalue weighted by atomic mass is 10.0. The standard InChI is InChI=1S/C13H18N4/c1-5-13(3,4)17-9-12(15-16-17)11-8-14-7-6-10(11)2/h6-9H,5H2,1-4H3. The predicted molar refractivity (Wildman–Crippen MR) is 67.6 cm³/mol. The maximum atomic E-state index is 4.23. The second kappa shape index (κ2) is 4.28. The summed E-state index contributed by atoms with van der Waals surface area (Å²) in [6.45, 7) is 8.51. The van der Waals surface area contributed by atoms with Crippen LogP contribution in [0.1, 0.15) is 32.8 Å². The topological polar surface area (TPSA) is 43.6 Å². The van der Waals surface area contributed by atoms with E-state index in [2.05, 4.69) is 43.0 Å². The lowest BCUT2D eigenvalue weighted by molar-refractivity contribution is 0.301. The van der Waals surface area contributed by atoms with Crippen molar-refractivity contribution in [3.8, 4) is 11.3 Å². The van der Waals surface area contributed by atoms with Crippen molar-refractivity contribution in [2.45, 2.75) is 39.7 Å². The normalized spacial score (nSPS) is 11.8. The zero-order valence-electron chi connectivity index (χ0n) is 10.8. The minimum Gasteiger partial charge on any atom is -0.264 e. The summed E-state index contributed by atoms with van der Waals surface area (Å²) in [5, 5.41) is 8.45. The average molecular weight is 230 g/mol. The van der Waals surface area contributed by atoms with Gasteiger partial charge in [0, 0.05) is 18.0 Å². The van der Waals surface area contributed by atoms with Crippen LogP contribution in [0, 0.1) is 6.92 Å². The van der Waals surface area contributed by atoms with Crippen LogP contribution < -0.4 is 0 Å². The van der Waals surface area contributed by atoms with Gasteiger partial charge in [-0.05, 0) is 38.8 Å². The SMILES string of the molecule is CCC(C)(C)n1cc(-c2cnccc2C)nn1. The van der Waals surface area contributed by atoms with Crippen molar-refractivity contribution in [2.75, 3.05) is 0 Å². The van der Waals surface area contributed by atoms with Crippen LogP contribution >= 0.6 is 0 Å². The van der Waals surface area contributed by atoms with Crippen LogP contribution in [-0.4, -0.2) is 20.0 Å². The Labute approximate surface area is 102 Å². The first-order chi connectivity index (χ1) is 8.04. The summed E-state index contributed by atoms with van der Waals surface area (Å²) in [7, 11) is 0. The Morgan fingerprint density at radius 2 is 2.12 bits per heavy atom. The van der Waals surface area contributed by atoms with E-state index in [1.165, 1.54) is 5.56 Å². The van der Waals surface area contributed by atoms with Gasteiger partial charge in [0.25, 0.3) is 0 Å². The molecule has 0 atom stereocenters. The van der Waals surface area contributed by atoms with Gasteiger partial charge < -0.3 is 0 Å². The maximum absolute atomic E-state index is 4.23. The van der Waals surface area contributed by atoms with Gasteiger partial charge in [0.1, 0.15) is 5.69 Å². The molecule has 17 heavy (non-hydrogen) atoms. The van der Waals surface area contributed by atoms with Gasteiger partial charge in [0.15, 0.2) is 0 Å². The Hall–Kier alpha value is -1.71. The van der Waals surface area contributed by atoms with Crippen LogP contribution in [-0.2, 0) is 5.54 Å². The second-order valence-electron chi connectivity index (χ2n) is 4.90. The molecule has 2 heterocycles. The molecule has 0 radical (unpaired) electrons. The molecular formula is C13H18N4. The zero-order valence-corrected chi connectivity index (χ0v) is 10.8. The molecule has 0 spiro atoms. The molecule has 0 aliphatic heterocycles. The van der Waals surface area contributed by atoms with Crippen molar-refractivity contribution in [3.63, 3.8) is 0 Å². The van der Waals surface area contributed by atoms with Gasteiger partial charge >= 0.3 is 0 Å². The minimum absolute atomic E-state index is 0.00135. The fourth-order valence-electron chi connectivity index (χ4n) is 1.58. The van der Waals surface area contributed by atoms with Gasteiger partial charge in [0.05, 0.1) is 11.7 Å². The maximum Gasteiger partial charge on any atom is 0.114 e. The highest BCUT2D eigenvalue weighted by atomic mass is 15.4. The molecule has 0 aliphatic carbocycles. The Morgan fingerprint density at radius 3 is 2.76 bits per heavy atom. The van der Waals surface area contributed by atoms with Crippen LogP contribution in [0.4, 0.5) is 0 Å². The molecule has 0 aromatic carbocycles. The van der Waals surface area contributed by atoms with E-state index >= 15 is 0 Å². The first-order valence-electron chi connectivity index (χ1n) is 5.88. The van der Waals surface area contributed by atoms with E-state index in [1.54, 1.807) is 6.20 Å². The summed E-state index contributed by atoms with van der Waals surface area (Å²) in [6.07, 6.45) is 6.64. The molecule has 2 aromatic heterocycles. The summed E-state index contributed by atoms with van der Waals surface area (Å²) in [6, 6.07) is 1.99. The monoisotopic (exact) mass is 230 g/mol. The lowest BCUT2D eigenvalue weighted by Crippen LogP contribution is -2.25. The molecule has 0 amide bonds. The molecule has 0 fully saturated rings. The molecule has 0 unspecified atom stereocenters. The van der Waals surface area contributed by atoms with E-state index in [4.69, 9.17) is 0 Å². The number of hydrogen-bond donors (Lipinski definition) is 0. The summed E-state index contributed by atoms with van der Waals surface area (Å²) in [5.74, 6) is 0. The fraction of sp³-hybridized carbons (Fsp3) is 0.462. The number of rotatable bonds is 3. The molecule has 0 aliphatic rings. The molecule has 0 saturated heterocycles. The van der Waals surface area contributed by atoms with Gasteiger partial charge in [-0.1, -0.05) is 12.1 Å². The van der Waals surface area contributed by atoms with Crippen molar-refractivity contribution in [3.05, 3.63) is 30.2 Å². The molecule has 4 heteroatoms. The Balaban J connectivity index is 2.40. The van der Waals surface area contributed by atoms with Crippen molar-refractivity contribution in [1.29, 1.82) is 0 Å². The van der Waals surface area contributed by atoms with Gasteiger partial charge in [0.2, 0.25) is 0 Å². The molecule has 0 bridgehead atoms. The molecule has 0 N–H and O–H groups in total. The molecule has 90 valence electrons. The van der Waals surface area contributed by atoms with E-state index in [-0.39, 0.29) is 5.54 Å². The van der Waals surface area contributed by atoms with E-state index in [1.807, 2.05) is 23.1 Å². The third kappa shape index (κ3) is 2.20. The van der Waals surface area contributed by atoms with Crippen LogP contribution in [0.15, 0.2) is 24.7 Å². The van der Waals surface area contributed by atoms with E-state index < -0.39 is 0 Å². The Kier molecular flexibility index (Phi) is 2.96. The highest BCUT2D eigenvalue weighted by molar-refractivity contribution is 5.60. The Bertz CT molecular complexity index is 514. The molecular weight excluding hydrogens is 212 g/mol. The van der Waals surface area contributed by atoms with Crippen molar-refractivity contribution >= 4 is 0 Å². The minimum atomic E-state index is 0.00135. The van der Waals surface area contributed by atoms with Crippen molar-refractivity contribution in [1.82, 2.24) is 20.0 Å². The fourth-order valence-corrected chi connectivity index (χ4v) is 1.58. The molecule has 4 nitrogen and oxygen atoms in total. The van der Waals surface area contributed by atoms with Crippen LogP contribution in [0.3, 0.4) is 0 Å². The van der Waals surface area contributed by atoms with Gasteiger partial charge in [-0.2, -0.15) is 0 Å². The van der Waals surface area contributed by atoms with Crippen LogP contribution in [0.2, 0.25) is 0 Å². The molecule has 0 saturated carbocycles. The number of pyridine rings is 1. The van der Waals surface area contributed by atoms with Gasteiger partial charge in [-0.3, -0.25) is 4.98 Å². The van der Waals surface area contributed by atoms with Crippen molar-refractivity contribution < 1.29 is 0 Å². The average Bonchev–Trinajstić information content (AvgIpc) is 2.79. The number of hydrogen-bond acceptors (Lipinski definition) is 3. The van der Waals surface area contributed by atoms with Gasteiger partial charge in [-0.15, -0.1) is 5.10 Å². The van der Waals surface area contributed by atoms with E-state index in [0.717, 1.165) is 17.7 Å². The third-order valence-electron chi connectivity index (χ3n) is 3.29. The van der Waals surface area contributed by atoms with Crippen LogP contribution in [0.25, 0.3) is 11.3 Å². The van der Waals surface area contributed by atoms with Gasteiger partial charge in [-0.25, -0.2) is 4.68 Å². The number of nitrogens with zero attached hydrogens (tertiary/aromatic N) is 4. The van der Waals surface area contributed by atoms with E-state index in [9.17, 15) is 0 Å². The van der Waals surface area contributed by atoms with Crippen molar-refractivity contribution in [2.24, 2.45) is 0 Å². The highest BCUT2D eigenvalue weighted by Gasteiger charge is 2.20. The first-order valence-corrected chi connectivity index (χ1v) is 5.88. The number of aromatic nitrogens is 4. The third-order valence-corrected chi connectivity index (χ3v) is 3.29. The first kappa shape index (κ1) is 11.8. The summed E-state index contributed by atoms with van der Waals surface area (Å²) >= 11 is 0. The predicted octanol–water partition coefficient (Wildman–Crippen LogP) is 2.79. The summed E-state index contributed by atoms with van der Waals surface area (Å²) in [5.41, 5.74) is 3.10. The molecule has 2 aromatic rings. The zero-order chi connectivity index (χ0) is 12.5. The highest BCUT2D eigenvalue weighted by Crippen LogP contribution is 2.23. The largest absolute Gasteiger partial charge is 0.264 e. The number of aryl methyl sites for hydroxylation is 1. The second-order valence-corrected chi connectivity index (χ2v) is 4.90. The molecule has 2 rings (SSSR count). The summed E-state index contributed by atoms with van der Waals surface area (Å²) < 4.78 is 1.93. The summed E-state index contributed by atoms with van der Waals surface area (Å²) in [4.78, 5) is 4.14. The smallest absolute Gasteiger partial charge is 0.114 e. The van der Waals surface area contributed by atoms with Crippen LogP contribution in [0.5, 0.6) is 0 Å².